The molecule has 2 rings (SSSR count). The molecule has 17 heavy (non-hydrogen) atoms. The van der Waals surface area contributed by atoms with Crippen LogP contribution in [-0.2, 0) is 0 Å². The van der Waals surface area contributed by atoms with Crippen LogP contribution in [0.15, 0.2) is 24.3 Å². The Morgan fingerprint density at radius 2 is 2.00 bits per heavy atom. The third kappa shape index (κ3) is 3.37. The Morgan fingerprint density at radius 3 is 2.71 bits per heavy atom. The molecule has 1 atom stereocenters. The molecule has 94 valence electrons. The lowest BCUT2D eigenvalue weighted by molar-refractivity contribution is 0.414. The van der Waals surface area contributed by atoms with Crippen LogP contribution in [0.25, 0.3) is 0 Å². The maximum absolute atomic E-state index is 5.19. The van der Waals surface area contributed by atoms with Crippen LogP contribution in [0.1, 0.15) is 19.8 Å². The van der Waals surface area contributed by atoms with Gasteiger partial charge in [-0.15, -0.1) is 0 Å². The van der Waals surface area contributed by atoms with Crippen molar-refractivity contribution in [2.24, 2.45) is 0 Å². The van der Waals surface area contributed by atoms with Gasteiger partial charge in [0.15, 0.2) is 0 Å². The first-order valence-electron chi connectivity index (χ1n) is 6.42. The monoisotopic (exact) mass is 234 g/mol. The Kier molecular flexibility index (Phi) is 4.26. The molecule has 1 heterocycles. The molecule has 1 aromatic rings. The maximum Gasteiger partial charge on any atom is 0.119 e. The molecule has 1 fully saturated rings. The highest BCUT2D eigenvalue weighted by molar-refractivity contribution is 5.49. The maximum atomic E-state index is 5.19. The summed E-state index contributed by atoms with van der Waals surface area (Å²) in [6.45, 7) is 5.64. The molecule has 0 aromatic heterocycles. The summed E-state index contributed by atoms with van der Waals surface area (Å²) in [7, 11) is 1.71. The number of nitrogens with zero attached hydrogens (tertiary/aromatic N) is 1. The standard InChI is InChI=1S/C14H22N2O/c1-12-8-11-16(10-3-9-15-12)13-4-6-14(17-2)7-5-13/h4-7,12,15H,3,8-11H2,1-2H3. The second kappa shape index (κ2) is 5.92. The van der Waals surface area contributed by atoms with Crippen molar-refractivity contribution in [2.75, 3.05) is 31.6 Å². The van der Waals surface area contributed by atoms with Crippen LogP contribution in [0.5, 0.6) is 5.75 Å². The van der Waals surface area contributed by atoms with E-state index in [4.69, 9.17) is 4.74 Å². The molecule has 0 aliphatic carbocycles. The molecule has 1 N–H and O–H groups in total. The first-order chi connectivity index (χ1) is 8.29. The van der Waals surface area contributed by atoms with Crippen molar-refractivity contribution in [3.05, 3.63) is 24.3 Å². The lowest BCUT2D eigenvalue weighted by Gasteiger charge is -2.29. The van der Waals surface area contributed by atoms with Gasteiger partial charge in [0.1, 0.15) is 5.75 Å². The topological polar surface area (TPSA) is 24.5 Å². The fourth-order valence-corrected chi connectivity index (χ4v) is 2.23. The first-order valence-corrected chi connectivity index (χ1v) is 6.42. The Hall–Kier alpha value is -1.22. The number of nitrogens with one attached hydrogen (secondary N) is 1. The number of anilines is 1. The number of methoxy groups -OCH3 is 1. The summed E-state index contributed by atoms with van der Waals surface area (Å²) >= 11 is 0. The van der Waals surface area contributed by atoms with Crippen molar-refractivity contribution in [2.45, 2.75) is 25.8 Å². The molecule has 0 radical (unpaired) electrons. The fraction of sp³-hybridized carbons (Fsp3) is 0.571. The lowest BCUT2D eigenvalue weighted by atomic mass is 10.1. The number of ether oxygens (including phenoxy) is 1. The van der Waals surface area contributed by atoms with Crippen LogP contribution >= 0.6 is 0 Å². The summed E-state index contributed by atoms with van der Waals surface area (Å²) in [5.41, 5.74) is 1.31. The van der Waals surface area contributed by atoms with Crippen molar-refractivity contribution in [1.29, 1.82) is 0 Å². The van der Waals surface area contributed by atoms with E-state index in [0.717, 1.165) is 25.4 Å². The molecule has 0 spiro atoms. The van der Waals surface area contributed by atoms with E-state index in [9.17, 15) is 0 Å². The van der Waals surface area contributed by atoms with Gasteiger partial charge < -0.3 is 15.0 Å². The van der Waals surface area contributed by atoms with Crippen molar-refractivity contribution in [3.8, 4) is 5.75 Å². The van der Waals surface area contributed by atoms with Crippen molar-refractivity contribution in [1.82, 2.24) is 5.32 Å². The average molecular weight is 234 g/mol. The molecular formula is C14H22N2O. The van der Waals surface area contributed by atoms with Gasteiger partial charge in [0.25, 0.3) is 0 Å². The summed E-state index contributed by atoms with van der Waals surface area (Å²) in [6.07, 6.45) is 2.41. The minimum atomic E-state index is 0.621. The molecule has 0 saturated carbocycles. The molecule has 3 nitrogen and oxygen atoms in total. The Bertz CT molecular complexity index is 337. The highest BCUT2D eigenvalue weighted by atomic mass is 16.5. The van der Waals surface area contributed by atoms with E-state index in [-0.39, 0.29) is 0 Å². The van der Waals surface area contributed by atoms with Crippen LogP contribution in [0.4, 0.5) is 5.69 Å². The van der Waals surface area contributed by atoms with Gasteiger partial charge in [0, 0.05) is 24.8 Å². The Balaban J connectivity index is 2.03. The molecule has 1 unspecified atom stereocenters. The normalized spacial score (nSPS) is 21.8. The number of hydrogen-bond donors (Lipinski definition) is 1. The summed E-state index contributed by atoms with van der Waals surface area (Å²) in [5, 5.41) is 3.53. The SMILES string of the molecule is COc1ccc(N2CCCNC(C)CC2)cc1. The van der Waals surface area contributed by atoms with Gasteiger partial charge in [-0.3, -0.25) is 0 Å². The zero-order valence-electron chi connectivity index (χ0n) is 10.8. The number of benzene rings is 1. The Labute approximate surface area is 104 Å². The highest BCUT2D eigenvalue weighted by Crippen LogP contribution is 2.20. The fourth-order valence-electron chi connectivity index (χ4n) is 2.23. The Morgan fingerprint density at radius 1 is 1.24 bits per heavy atom. The van der Waals surface area contributed by atoms with Gasteiger partial charge >= 0.3 is 0 Å². The quantitative estimate of drug-likeness (QED) is 0.849. The van der Waals surface area contributed by atoms with Gasteiger partial charge in [-0.1, -0.05) is 0 Å². The van der Waals surface area contributed by atoms with E-state index < -0.39 is 0 Å². The number of rotatable bonds is 2. The average Bonchev–Trinajstić information content (AvgIpc) is 2.35. The minimum Gasteiger partial charge on any atom is -0.497 e. The van der Waals surface area contributed by atoms with E-state index in [1.807, 2.05) is 12.1 Å². The summed E-state index contributed by atoms with van der Waals surface area (Å²) in [4.78, 5) is 2.47. The molecule has 1 aliphatic heterocycles. The smallest absolute Gasteiger partial charge is 0.119 e. The van der Waals surface area contributed by atoms with Gasteiger partial charge in [0.05, 0.1) is 7.11 Å². The van der Waals surface area contributed by atoms with Crippen molar-refractivity contribution >= 4 is 5.69 Å². The summed E-state index contributed by atoms with van der Waals surface area (Å²) < 4.78 is 5.19. The van der Waals surface area contributed by atoms with Crippen LogP contribution in [0.2, 0.25) is 0 Å². The molecule has 1 aromatic carbocycles. The second-order valence-electron chi connectivity index (χ2n) is 4.68. The van der Waals surface area contributed by atoms with E-state index in [1.165, 1.54) is 18.5 Å². The van der Waals surface area contributed by atoms with Crippen LogP contribution < -0.4 is 15.0 Å². The van der Waals surface area contributed by atoms with Crippen LogP contribution in [0, 0.1) is 0 Å². The largest absolute Gasteiger partial charge is 0.497 e. The van der Waals surface area contributed by atoms with E-state index in [1.54, 1.807) is 7.11 Å². The summed E-state index contributed by atoms with van der Waals surface area (Å²) in [6, 6.07) is 9.00. The predicted molar refractivity (Wildman–Crippen MR) is 71.9 cm³/mol. The molecular weight excluding hydrogens is 212 g/mol. The molecule has 1 aliphatic rings. The zero-order valence-corrected chi connectivity index (χ0v) is 10.8. The van der Waals surface area contributed by atoms with Crippen molar-refractivity contribution < 1.29 is 4.74 Å². The molecule has 3 heteroatoms. The third-order valence-corrected chi connectivity index (χ3v) is 3.37. The summed E-state index contributed by atoms with van der Waals surface area (Å²) in [5.74, 6) is 0.927. The van der Waals surface area contributed by atoms with Gasteiger partial charge in [0.2, 0.25) is 0 Å². The minimum absolute atomic E-state index is 0.621. The van der Waals surface area contributed by atoms with E-state index >= 15 is 0 Å². The van der Waals surface area contributed by atoms with Gasteiger partial charge in [-0.05, 0) is 50.6 Å². The van der Waals surface area contributed by atoms with E-state index in [0.29, 0.717) is 6.04 Å². The zero-order chi connectivity index (χ0) is 12.1. The highest BCUT2D eigenvalue weighted by Gasteiger charge is 2.12. The lowest BCUT2D eigenvalue weighted by Crippen LogP contribution is -2.38. The molecule has 0 amide bonds. The third-order valence-electron chi connectivity index (χ3n) is 3.37. The van der Waals surface area contributed by atoms with E-state index in [2.05, 4.69) is 29.3 Å². The first kappa shape index (κ1) is 12.2. The van der Waals surface area contributed by atoms with Crippen LogP contribution in [-0.4, -0.2) is 32.8 Å². The number of hydrogen-bond acceptors (Lipinski definition) is 3. The van der Waals surface area contributed by atoms with Gasteiger partial charge in [-0.2, -0.15) is 0 Å². The molecule has 0 bridgehead atoms. The van der Waals surface area contributed by atoms with Crippen molar-refractivity contribution in [3.63, 3.8) is 0 Å². The van der Waals surface area contributed by atoms with Gasteiger partial charge in [-0.25, -0.2) is 0 Å². The predicted octanol–water partition coefficient (Wildman–Crippen LogP) is 2.27. The second-order valence-corrected chi connectivity index (χ2v) is 4.68. The molecule has 1 saturated heterocycles. The van der Waals surface area contributed by atoms with Crippen LogP contribution in [0.3, 0.4) is 0 Å².